The van der Waals surface area contributed by atoms with Crippen LogP contribution in [0.25, 0.3) is 0 Å². The summed E-state index contributed by atoms with van der Waals surface area (Å²) in [5.41, 5.74) is 1.91. The van der Waals surface area contributed by atoms with Crippen molar-refractivity contribution in [2.45, 2.75) is 13.3 Å². The van der Waals surface area contributed by atoms with Gasteiger partial charge in [0, 0.05) is 5.56 Å². The van der Waals surface area contributed by atoms with Crippen molar-refractivity contribution in [1.29, 1.82) is 0 Å². The Morgan fingerprint density at radius 2 is 2.31 bits per heavy atom. The molecule has 0 spiro atoms. The van der Waals surface area contributed by atoms with Crippen LogP contribution in [0.5, 0.6) is 5.75 Å². The molecule has 0 radical (unpaired) electrons. The molecule has 1 aromatic rings. The molecule has 0 aromatic heterocycles. The van der Waals surface area contributed by atoms with Gasteiger partial charge in [0.15, 0.2) is 0 Å². The van der Waals surface area contributed by atoms with Gasteiger partial charge in [0.2, 0.25) is 0 Å². The number of nitrogens with zero attached hydrogens (tertiary/aromatic N) is 1. The molecule has 0 heterocycles. The highest BCUT2D eigenvalue weighted by Crippen LogP contribution is 2.14. The van der Waals surface area contributed by atoms with E-state index in [2.05, 4.69) is 5.10 Å². The molecular weight excluding hydrogens is 164 g/mol. The van der Waals surface area contributed by atoms with Gasteiger partial charge in [-0.15, -0.1) is 0 Å². The monoisotopic (exact) mass is 178 g/mol. The van der Waals surface area contributed by atoms with E-state index in [1.54, 1.807) is 7.11 Å². The summed E-state index contributed by atoms with van der Waals surface area (Å²) in [7, 11) is 1.64. The zero-order valence-corrected chi connectivity index (χ0v) is 7.95. The highest BCUT2D eigenvalue weighted by molar-refractivity contribution is 6.00. The van der Waals surface area contributed by atoms with Crippen LogP contribution in [0.15, 0.2) is 29.4 Å². The second-order valence-electron chi connectivity index (χ2n) is 2.66. The molecule has 0 aliphatic heterocycles. The Morgan fingerprint density at radius 1 is 1.54 bits per heavy atom. The molecule has 0 saturated carbocycles. The van der Waals surface area contributed by atoms with Gasteiger partial charge in [-0.05, 0) is 18.6 Å². The van der Waals surface area contributed by atoms with Crippen molar-refractivity contribution in [2.24, 2.45) is 10.9 Å². The topological polar surface area (TPSA) is 47.6 Å². The molecule has 0 unspecified atom stereocenters. The van der Waals surface area contributed by atoms with Crippen molar-refractivity contribution in [3.8, 4) is 5.75 Å². The summed E-state index contributed by atoms with van der Waals surface area (Å²) in [6.07, 6.45) is 0.823. The van der Waals surface area contributed by atoms with Crippen LogP contribution in [0.3, 0.4) is 0 Å². The molecular formula is C10H14N2O. The quantitative estimate of drug-likeness (QED) is 0.435. The van der Waals surface area contributed by atoms with Crippen molar-refractivity contribution >= 4 is 5.71 Å². The minimum Gasteiger partial charge on any atom is -0.497 e. The summed E-state index contributed by atoms with van der Waals surface area (Å²) in [6.45, 7) is 2.02. The third-order valence-electron chi connectivity index (χ3n) is 1.89. The van der Waals surface area contributed by atoms with Crippen LogP contribution in [0.2, 0.25) is 0 Å². The smallest absolute Gasteiger partial charge is 0.119 e. The number of benzene rings is 1. The lowest BCUT2D eigenvalue weighted by molar-refractivity contribution is 0.414. The zero-order valence-electron chi connectivity index (χ0n) is 7.95. The van der Waals surface area contributed by atoms with Gasteiger partial charge in [0.1, 0.15) is 5.75 Å². The molecule has 0 fully saturated rings. The third-order valence-corrected chi connectivity index (χ3v) is 1.89. The molecule has 2 N–H and O–H groups in total. The lowest BCUT2D eigenvalue weighted by atomic mass is 10.1. The highest BCUT2D eigenvalue weighted by atomic mass is 16.5. The summed E-state index contributed by atoms with van der Waals surface area (Å²) in [5, 5.41) is 3.71. The number of ether oxygens (including phenoxy) is 1. The Kier molecular flexibility index (Phi) is 3.31. The molecule has 0 aliphatic rings. The molecule has 1 rings (SSSR count). The summed E-state index contributed by atoms with van der Waals surface area (Å²) in [4.78, 5) is 0. The van der Waals surface area contributed by atoms with Crippen LogP contribution < -0.4 is 10.6 Å². The van der Waals surface area contributed by atoms with E-state index in [-0.39, 0.29) is 0 Å². The average Bonchev–Trinajstić information content (AvgIpc) is 2.20. The average molecular weight is 178 g/mol. The van der Waals surface area contributed by atoms with Crippen molar-refractivity contribution in [3.63, 3.8) is 0 Å². The van der Waals surface area contributed by atoms with Crippen molar-refractivity contribution in [2.75, 3.05) is 7.11 Å². The number of nitrogens with two attached hydrogens (primary N) is 1. The zero-order chi connectivity index (χ0) is 9.68. The second-order valence-corrected chi connectivity index (χ2v) is 2.66. The number of hydrogen-bond donors (Lipinski definition) is 1. The molecule has 0 atom stereocenters. The maximum absolute atomic E-state index is 5.25. The van der Waals surface area contributed by atoms with Gasteiger partial charge in [-0.1, -0.05) is 19.1 Å². The lowest BCUT2D eigenvalue weighted by Gasteiger charge is -2.04. The van der Waals surface area contributed by atoms with Gasteiger partial charge in [-0.3, -0.25) is 0 Å². The van der Waals surface area contributed by atoms with E-state index in [4.69, 9.17) is 10.6 Å². The van der Waals surface area contributed by atoms with E-state index >= 15 is 0 Å². The fourth-order valence-corrected chi connectivity index (χ4v) is 1.17. The van der Waals surface area contributed by atoms with Crippen molar-refractivity contribution in [3.05, 3.63) is 29.8 Å². The first-order chi connectivity index (χ1) is 6.31. The SMILES string of the molecule is CCC(=NN)c1cccc(OC)c1. The van der Waals surface area contributed by atoms with Gasteiger partial charge in [0.25, 0.3) is 0 Å². The van der Waals surface area contributed by atoms with Gasteiger partial charge in [-0.25, -0.2) is 0 Å². The third kappa shape index (κ3) is 2.21. The number of methoxy groups -OCH3 is 1. The fourth-order valence-electron chi connectivity index (χ4n) is 1.17. The molecule has 3 nitrogen and oxygen atoms in total. The maximum atomic E-state index is 5.25. The first-order valence-electron chi connectivity index (χ1n) is 4.23. The molecule has 0 aliphatic carbocycles. The van der Waals surface area contributed by atoms with Gasteiger partial charge in [-0.2, -0.15) is 5.10 Å². The van der Waals surface area contributed by atoms with Crippen LogP contribution in [-0.2, 0) is 0 Å². The molecule has 0 saturated heterocycles. The predicted molar refractivity (Wildman–Crippen MR) is 54.0 cm³/mol. The Hall–Kier alpha value is -1.51. The molecule has 3 heteroatoms. The second kappa shape index (κ2) is 4.50. The van der Waals surface area contributed by atoms with Crippen LogP contribution in [-0.4, -0.2) is 12.8 Å². The standard InChI is InChI=1S/C10H14N2O/c1-3-10(12-11)8-5-4-6-9(7-8)13-2/h4-7H,3,11H2,1-2H3. The maximum Gasteiger partial charge on any atom is 0.119 e. The van der Waals surface area contributed by atoms with Gasteiger partial charge < -0.3 is 10.6 Å². The first-order valence-corrected chi connectivity index (χ1v) is 4.23. The molecule has 70 valence electrons. The van der Waals surface area contributed by atoms with E-state index in [0.717, 1.165) is 23.4 Å². The molecule has 0 bridgehead atoms. The van der Waals surface area contributed by atoms with E-state index in [1.165, 1.54) is 0 Å². The Morgan fingerprint density at radius 3 is 2.85 bits per heavy atom. The molecule has 1 aromatic carbocycles. The minimum atomic E-state index is 0.823. The molecule has 0 amide bonds. The summed E-state index contributed by atoms with van der Waals surface area (Å²) < 4.78 is 5.10. The number of hydrazone groups is 1. The lowest BCUT2D eigenvalue weighted by Crippen LogP contribution is -2.02. The Labute approximate surface area is 78.2 Å². The van der Waals surface area contributed by atoms with Crippen LogP contribution in [0.4, 0.5) is 0 Å². The van der Waals surface area contributed by atoms with Crippen molar-refractivity contribution < 1.29 is 4.74 Å². The van der Waals surface area contributed by atoms with Crippen LogP contribution in [0, 0.1) is 0 Å². The Balaban J connectivity index is 3.00. The predicted octanol–water partition coefficient (Wildman–Crippen LogP) is 1.77. The largest absolute Gasteiger partial charge is 0.497 e. The van der Waals surface area contributed by atoms with E-state index < -0.39 is 0 Å². The summed E-state index contributed by atoms with van der Waals surface area (Å²) in [6, 6.07) is 7.72. The highest BCUT2D eigenvalue weighted by Gasteiger charge is 2.01. The van der Waals surface area contributed by atoms with E-state index in [9.17, 15) is 0 Å². The van der Waals surface area contributed by atoms with E-state index in [1.807, 2.05) is 31.2 Å². The number of rotatable bonds is 3. The van der Waals surface area contributed by atoms with Crippen molar-refractivity contribution in [1.82, 2.24) is 0 Å². The first kappa shape index (κ1) is 9.58. The summed E-state index contributed by atoms with van der Waals surface area (Å²) in [5.74, 6) is 6.08. The Bertz CT molecular complexity index is 308. The van der Waals surface area contributed by atoms with Crippen LogP contribution >= 0.6 is 0 Å². The van der Waals surface area contributed by atoms with Gasteiger partial charge in [0.05, 0.1) is 12.8 Å². The van der Waals surface area contributed by atoms with E-state index in [0.29, 0.717) is 0 Å². The minimum absolute atomic E-state index is 0.823. The normalized spacial score (nSPS) is 11.4. The number of hydrogen-bond acceptors (Lipinski definition) is 3. The molecule has 13 heavy (non-hydrogen) atoms. The fraction of sp³-hybridized carbons (Fsp3) is 0.300. The van der Waals surface area contributed by atoms with Crippen LogP contribution in [0.1, 0.15) is 18.9 Å². The van der Waals surface area contributed by atoms with Gasteiger partial charge >= 0.3 is 0 Å². The summed E-state index contributed by atoms with van der Waals surface area (Å²) >= 11 is 0.